The van der Waals surface area contributed by atoms with E-state index in [1.165, 1.54) is 77.0 Å². The van der Waals surface area contributed by atoms with Crippen LogP contribution in [0.2, 0.25) is 0 Å². The average molecular weight is 1260 g/mol. The topological polar surface area (TPSA) is 0 Å². The Hall–Kier alpha value is 0. The Bertz CT molecular complexity index is 1200. The summed E-state index contributed by atoms with van der Waals surface area (Å²) in [7, 11) is 0. The van der Waals surface area contributed by atoms with Crippen LogP contribution in [-0.2, 0) is 0 Å². The monoisotopic (exact) mass is 1260 g/mol. The molecular formula is C88H200. The Kier molecular flexibility index (Phi) is 72.3. The highest BCUT2D eigenvalue weighted by atomic mass is 14.4. The van der Waals surface area contributed by atoms with Crippen molar-refractivity contribution in [2.24, 2.45) is 112 Å². The molecule has 0 bridgehead atoms. The number of unbranched alkanes of at least 4 members (excludes halogenated alkanes) is 3. The van der Waals surface area contributed by atoms with E-state index >= 15 is 0 Å². The summed E-state index contributed by atoms with van der Waals surface area (Å²) < 4.78 is 0. The Morgan fingerprint density at radius 3 is 0.455 bits per heavy atom. The molecule has 0 heterocycles. The molecule has 0 spiro atoms. The van der Waals surface area contributed by atoms with E-state index in [1.54, 1.807) is 0 Å². The van der Waals surface area contributed by atoms with Gasteiger partial charge in [-0.05, 0) is 138 Å². The van der Waals surface area contributed by atoms with Gasteiger partial charge >= 0.3 is 0 Å². The first-order valence-corrected chi connectivity index (χ1v) is 37.9. The first kappa shape index (κ1) is 115. The van der Waals surface area contributed by atoms with Crippen molar-refractivity contribution >= 4 is 0 Å². The second kappa shape index (κ2) is 55.2. The molecule has 0 radical (unpaired) electrons. The lowest BCUT2D eigenvalue weighted by atomic mass is 9.68. The van der Waals surface area contributed by atoms with Gasteiger partial charge in [0, 0.05) is 0 Å². The predicted octanol–water partition coefficient (Wildman–Crippen LogP) is 34.4. The summed E-state index contributed by atoms with van der Waals surface area (Å²) in [5.41, 5.74) is 5.68. The van der Waals surface area contributed by atoms with Crippen LogP contribution < -0.4 is 0 Å². The van der Waals surface area contributed by atoms with E-state index in [2.05, 4.69) is 388 Å². The van der Waals surface area contributed by atoms with Crippen molar-refractivity contribution in [1.29, 1.82) is 0 Å². The minimum Gasteiger partial charge on any atom is -0.0654 e. The fourth-order valence-electron chi connectivity index (χ4n) is 8.02. The van der Waals surface area contributed by atoms with Crippen LogP contribution in [0.4, 0.5) is 0 Å². The molecule has 0 aliphatic rings. The van der Waals surface area contributed by atoms with E-state index in [9.17, 15) is 0 Å². The molecular weight excluding hydrogens is 1060 g/mol. The van der Waals surface area contributed by atoms with Gasteiger partial charge in [0.2, 0.25) is 0 Å². The molecule has 0 saturated carbocycles. The smallest absolute Gasteiger partial charge is 0.0334 e. The van der Waals surface area contributed by atoms with Crippen LogP contribution >= 0.6 is 0 Å². The summed E-state index contributed by atoms with van der Waals surface area (Å²) in [4.78, 5) is 0. The molecule has 0 N–H and O–H groups in total. The van der Waals surface area contributed by atoms with Crippen LogP contribution in [0.25, 0.3) is 0 Å². The highest BCUT2D eigenvalue weighted by Gasteiger charge is 2.31. The maximum atomic E-state index is 2.33. The Morgan fingerprint density at radius 1 is 0.250 bits per heavy atom. The highest BCUT2D eigenvalue weighted by Crippen LogP contribution is 2.40. The molecule has 0 saturated heterocycles. The molecule has 0 aliphatic carbocycles. The molecule has 0 atom stereocenters. The fourth-order valence-corrected chi connectivity index (χ4v) is 8.02. The fraction of sp³-hybridized carbons (Fsp3) is 1.00. The molecule has 0 aliphatic heterocycles. The van der Waals surface area contributed by atoms with E-state index in [0.717, 1.165) is 47.3 Å². The summed E-state index contributed by atoms with van der Waals surface area (Å²) in [6.45, 7) is 127. The lowest BCUT2D eigenvalue weighted by molar-refractivity contribution is 0.121. The van der Waals surface area contributed by atoms with E-state index in [-0.39, 0.29) is 0 Å². The number of hydrogen-bond donors (Lipinski definition) is 0. The number of hydrogen-bond acceptors (Lipinski definition) is 0. The molecule has 0 heteroatoms. The highest BCUT2D eigenvalue weighted by molar-refractivity contribution is 4.81. The second-order valence-corrected chi connectivity index (χ2v) is 42.6. The van der Waals surface area contributed by atoms with Gasteiger partial charge in [0.1, 0.15) is 0 Å². The first-order chi connectivity index (χ1) is 37.9. The van der Waals surface area contributed by atoms with E-state index in [4.69, 9.17) is 0 Å². The summed E-state index contributed by atoms with van der Waals surface area (Å²) in [5.74, 6) is 6.80. The molecule has 0 unspecified atom stereocenters. The normalized spacial score (nSPS) is 12.5. The summed E-state index contributed by atoms with van der Waals surface area (Å²) in [5, 5.41) is 0. The lowest BCUT2D eigenvalue weighted by Crippen LogP contribution is -2.29. The van der Waals surface area contributed by atoms with Crippen LogP contribution in [-0.4, -0.2) is 0 Å². The van der Waals surface area contributed by atoms with Crippen molar-refractivity contribution in [1.82, 2.24) is 0 Å². The van der Waals surface area contributed by atoms with Gasteiger partial charge in [-0.2, -0.15) is 0 Å². The van der Waals surface area contributed by atoms with Gasteiger partial charge in [-0.15, -0.1) is 0 Å². The van der Waals surface area contributed by atoms with Crippen molar-refractivity contribution in [3.8, 4) is 0 Å². The van der Waals surface area contributed by atoms with Crippen molar-refractivity contribution in [2.75, 3.05) is 0 Å². The van der Waals surface area contributed by atoms with Gasteiger partial charge in [0.25, 0.3) is 0 Å². The maximum Gasteiger partial charge on any atom is -0.0334 e. The third-order valence-corrected chi connectivity index (χ3v) is 17.2. The minimum atomic E-state index is 0.437. The van der Waals surface area contributed by atoms with Crippen molar-refractivity contribution < 1.29 is 0 Å². The van der Waals surface area contributed by atoms with Gasteiger partial charge in [-0.25, -0.2) is 0 Å². The zero-order valence-electron chi connectivity index (χ0n) is 75.1. The summed E-state index contributed by atoms with van der Waals surface area (Å²) in [6.07, 6.45) is 15.9. The summed E-state index contributed by atoms with van der Waals surface area (Å²) >= 11 is 0. The first-order valence-electron chi connectivity index (χ1n) is 37.9. The molecule has 0 amide bonds. The number of rotatable bonds is 11. The quantitative estimate of drug-likeness (QED) is 0.193. The SMILES string of the molecule is CC(C(C)(C)C)C(C)(C)C.CC(C)(C)C(C)(C)C.CC(C)(C)C(C)(C)C.CC(C)(C)CC(C)(C)C.CC(C)(C)CC(C)(C)C.CC(C)C(C)C(C)C.CC(C)CC(C)(C)C.CC(C)CC(C)C.CCC(C)(C)CC.CCC(C)C.CCCC.CCCCC. The van der Waals surface area contributed by atoms with Gasteiger partial charge in [0.05, 0.1) is 0 Å². The molecule has 0 fully saturated rings. The zero-order chi connectivity index (χ0) is 75.1. The maximum absolute atomic E-state index is 2.33. The third-order valence-electron chi connectivity index (χ3n) is 17.2. The van der Waals surface area contributed by atoms with Crippen molar-refractivity contribution in [3.63, 3.8) is 0 Å². The van der Waals surface area contributed by atoms with Crippen molar-refractivity contribution in [2.45, 2.75) is 465 Å². The van der Waals surface area contributed by atoms with E-state index < -0.39 is 0 Å². The Labute approximate surface area is 574 Å². The third kappa shape index (κ3) is 127. The summed E-state index contributed by atoms with van der Waals surface area (Å²) in [6, 6.07) is 0. The van der Waals surface area contributed by atoms with Gasteiger partial charge < -0.3 is 0 Å². The second-order valence-electron chi connectivity index (χ2n) is 42.6. The molecule has 0 aromatic heterocycles. The van der Waals surface area contributed by atoms with Crippen LogP contribution in [0.1, 0.15) is 465 Å². The largest absolute Gasteiger partial charge is 0.0654 e. The van der Waals surface area contributed by atoms with E-state index in [0.29, 0.717) is 65.0 Å². The Balaban J connectivity index is -0.0000000721. The molecule has 552 valence electrons. The molecule has 0 aromatic rings. The molecule has 0 aromatic carbocycles. The van der Waals surface area contributed by atoms with Crippen LogP contribution in [0.3, 0.4) is 0 Å². The molecule has 88 heavy (non-hydrogen) atoms. The van der Waals surface area contributed by atoms with Gasteiger partial charge in [-0.1, -0.05) is 439 Å². The van der Waals surface area contributed by atoms with E-state index in [1.807, 2.05) is 0 Å². The van der Waals surface area contributed by atoms with Crippen LogP contribution in [0.5, 0.6) is 0 Å². The predicted molar refractivity (Wildman–Crippen MR) is 430 cm³/mol. The Morgan fingerprint density at radius 2 is 0.455 bits per heavy atom. The van der Waals surface area contributed by atoms with Gasteiger partial charge in [0.15, 0.2) is 0 Å². The standard InChI is InChI=1S/C10H22.2C9H20.4C8H18.2C7H16.2C5H12.C4H10/c1-8(9(2,3)4)10(5,6)7;2*1-8(2,3)7-9(4,5)6;1-7(2)6-8(3,4)5;2*1-7(2,3)8(4,5)6;1-6(2)8(5)7(3)4;1-6(2)5-7(3)4;1-5-7(3,4)6-2;1-4-5(2)3;1-3-5-4-2;1-3-4-2/h8H,1-7H3;2*7H2,1-6H3;7H,6H2,1-5H3;2*1-6H3;6-8H,1-5H3;6-7H,5H2,1-4H3;5-6H2,1-4H3;5H,4H2,1-3H3;3-5H2,1-2H3;3-4H2,1-2H3. The molecule has 0 nitrogen and oxygen atoms in total. The van der Waals surface area contributed by atoms with Crippen LogP contribution in [0.15, 0.2) is 0 Å². The van der Waals surface area contributed by atoms with Crippen molar-refractivity contribution in [3.05, 3.63) is 0 Å². The average Bonchev–Trinajstić information content (AvgIpc) is 3.22. The zero-order valence-corrected chi connectivity index (χ0v) is 75.1. The minimum absolute atomic E-state index is 0.437. The lowest BCUT2D eigenvalue weighted by Gasteiger charge is -2.38. The molecule has 0 rings (SSSR count). The van der Waals surface area contributed by atoms with Crippen LogP contribution in [0, 0.1) is 112 Å². The van der Waals surface area contributed by atoms with Gasteiger partial charge in [-0.3, -0.25) is 0 Å².